The molecule has 0 aliphatic rings. The summed E-state index contributed by atoms with van der Waals surface area (Å²) in [4.78, 5) is 8.43. The summed E-state index contributed by atoms with van der Waals surface area (Å²) < 4.78 is 0. The molecule has 2 aromatic heterocycles. The quantitative estimate of drug-likeness (QED) is 0.367. The number of aromatic nitrogens is 4. The molecule has 84 valence electrons. The van der Waals surface area contributed by atoms with Crippen LogP contribution in [0.15, 0.2) is 17.4 Å². The smallest absolute Gasteiger partial charge is 0.219 e. The lowest BCUT2D eigenvalue weighted by Crippen LogP contribution is -2.05. The zero-order valence-electron chi connectivity index (χ0n) is 8.54. The summed E-state index contributed by atoms with van der Waals surface area (Å²) >= 11 is 2.95. The van der Waals surface area contributed by atoms with Crippen LogP contribution in [0, 0.1) is 6.92 Å². The van der Waals surface area contributed by atoms with Gasteiger partial charge in [0.05, 0.1) is 5.75 Å². The van der Waals surface area contributed by atoms with Crippen molar-refractivity contribution in [1.82, 2.24) is 20.2 Å². The summed E-state index contributed by atoms with van der Waals surface area (Å²) in [6.07, 6.45) is 1.75. The Kier molecular flexibility index (Phi) is 3.65. The topological polar surface area (TPSA) is 89.6 Å². The largest absolute Gasteiger partial charge is 0.298 e. The molecule has 0 saturated carbocycles. The molecule has 0 atom stereocenters. The van der Waals surface area contributed by atoms with Crippen molar-refractivity contribution < 1.29 is 0 Å². The molecule has 0 amide bonds. The van der Waals surface area contributed by atoms with Crippen LogP contribution in [0.5, 0.6) is 0 Å². The molecule has 2 aromatic rings. The van der Waals surface area contributed by atoms with Crippen molar-refractivity contribution in [2.24, 2.45) is 5.84 Å². The highest BCUT2D eigenvalue weighted by Gasteiger charge is 2.05. The number of hydrogen-bond acceptors (Lipinski definition) is 8. The summed E-state index contributed by atoms with van der Waals surface area (Å²) in [6.45, 7) is 1.94. The molecule has 2 rings (SSSR count). The third-order valence-electron chi connectivity index (χ3n) is 1.69. The van der Waals surface area contributed by atoms with E-state index in [9.17, 15) is 0 Å². The van der Waals surface area contributed by atoms with Gasteiger partial charge in [-0.25, -0.2) is 15.8 Å². The molecule has 0 aliphatic heterocycles. The van der Waals surface area contributed by atoms with Crippen LogP contribution in [-0.2, 0) is 5.75 Å². The number of aryl methyl sites for hydroxylation is 1. The maximum atomic E-state index is 5.22. The number of thioether (sulfide) groups is 1. The van der Waals surface area contributed by atoms with Crippen molar-refractivity contribution in [1.29, 1.82) is 0 Å². The predicted octanol–water partition coefficient (Wildman–Crippen LogP) is 1.21. The second-order valence-corrected chi connectivity index (χ2v) is 4.92. The zero-order chi connectivity index (χ0) is 11.4. The van der Waals surface area contributed by atoms with E-state index < -0.39 is 0 Å². The third-order valence-corrected chi connectivity index (χ3v) is 3.60. The Morgan fingerprint density at radius 2 is 2.38 bits per heavy atom. The summed E-state index contributed by atoms with van der Waals surface area (Å²) in [5.74, 6) is 5.91. The number of hydrogen-bond donors (Lipinski definition) is 2. The van der Waals surface area contributed by atoms with E-state index in [1.54, 1.807) is 6.20 Å². The fourth-order valence-corrected chi connectivity index (χ4v) is 2.50. The van der Waals surface area contributed by atoms with Gasteiger partial charge in [0.2, 0.25) is 5.13 Å². The monoisotopic (exact) mass is 254 g/mol. The van der Waals surface area contributed by atoms with Crippen molar-refractivity contribution in [2.45, 2.75) is 17.8 Å². The summed E-state index contributed by atoms with van der Waals surface area (Å²) in [5.41, 5.74) is 3.42. The molecule has 2 heterocycles. The molecule has 0 fully saturated rings. The molecule has 8 heteroatoms. The standard InChI is InChI=1S/C8H10N6S2/c1-5-2-3-10-7(11-5)15-4-6-13-14-8(12-9)16-6/h2-3H,4,9H2,1H3,(H,12,14). The molecule has 0 radical (unpaired) electrons. The molecule has 0 unspecified atom stereocenters. The van der Waals surface area contributed by atoms with E-state index in [1.165, 1.54) is 23.1 Å². The van der Waals surface area contributed by atoms with Gasteiger partial charge in [-0.1, -0.05) is 23.1 Å². The van der Waals surface area contributed by atoms with Crippen LogP contribution in [0.2, 0.25) is 0 Å². The first-order chi connectivity index (χ1) is 7.78. The van der Waals surface area contributed by atoms with Gasteiger partial charge < -0.3 is 0 Å². The number of anilines is 1. The van der Waals surface area contributed by atoms with Crippen molar-refractivity contribution in [3.63, 3.8) is 0 Å². The lowest BCUT2D eigenvalue weighted by Gasteiger charge is -1.97. The first kappa shape index (κ1) is 11.2. The molecule has 3 N–H and O–H groups in total. The molecule has 0 aromatic carbocycles. The Balaban J connectivity index is 1.96. The van der Waals surface area contributed by atoms with Gasteiger partial charge in [0.1, 0.15) is 5.01 Å². The molecule has 16 heavy (non-hydrogen) atoms. The minimum absolute atomic E-state index is 0.612. The number of hydrazine groups is 1. The van der Waals surface area contributed by atoms with Crippen LogP contribution >= 0.6 is 23.1 Å². The van der Waals surface area contributed by atoms with Crippen molar-refractivity contribution in [3.8, 4) is 0 Å². The minimum Gasteiger partial charge on any atom is -0.298 e. The Labute approximate surface area is 101 Å². The minimum atomic E-state index is 0.612. The van der Waals surface area contributed by atoms with E-state index >= 15 is 0 Å². The van der Waals surface area contributed by atoms with Gasteiger partial charge in [0.15, 0.2) is 5.16 Å². The maximum Gasteiger partial charge on any atom is 0.219 e. The number of nitrogens with two attached hydrogens (primary N) is 1. The number of nitrogens with zero attached hydrogens (tertiary/aromatic N) is 4. The van der Waals surface area contributed by atoms with Crippen LogP contribution in [0.4, 0.5) is 5.13 Å². The molecular formula is C8H10N6S2. The van der Waals surface area contributed by atoms with Gasteiger partial charge in [-0.15, -0.1) is 10.2 Å². The zero-order valence-corrected chi connectivity index (χ0v) is 10.2. The molecule has 0 spiro atoms. The van der Waals surface area contributed by atoms with Crippen molar-refractivity contribution in [2.75, 3.05) is 5.43 Å². The average Bonchev–Trinajstić information content (AvgIpc) is 2.74. The molecule has 0 bridgehead atoms. The van der Waals surface area contributed by atoms with Crippen LogP contribution in [0.3, 0.4) is 0 Å². The van der Waals surface area contributed by atoms with Gasteiger partial charge >= 0.3 is 0 Å². The predicted molar refractivity (Wildman–Crippen MR) is 64.0 cm³/mol. The van der Waals surface area contributed by atoms with Crippen molar-refractivity contribution >= 4 is 28.2 Å². The molecule has 0 saturated heterocycles. The van der Waals surface area contributed by atoms with E-state index in [1.807, 2.05) is 13.0 Å². The first-order valence-electron chi connectivity index (χ1n) is 4.49. The molecule has 0 aliphatic carbocycles. The Morgan fingerprint density at radius 1 is 1.50 bits per heavy atom. The highest BCUT2D eigenvalue weighted by atomic mass is 32.2. The summed E-state index contributed by atoms with van der Waals surface area (Å²) in [7, 11) is 0. The fourth-order valence-electron chi connectivity index (χ4n) is 0.992. The normalized spacial score (nSPS) is 10.4. The molecular weight excluding hydrogens is 244 g/mol. The summed E-state index contributed by atoms with van der Waals surface area (Å²) in [5, 5.41) is 10.1. The maximum absolute atomic E-state index is 5.22. The lowest BCUT2D eigenvalue weighted by molar-refractivity contribution is 0.930. The average molecular weight is 254 g/mol. The number of rotatable bonds is 4. The van der Waals surface area contributed by atoms with E-state index in [4.69, 9.17) is 5.84 Å². The highest BCUT2D eigenvalue weighted by Crippen LogP contribution is 2.22. The van der Waals surface area contributed by atoms with Gasteiger partial charge in [0.25, 0.3) is 0 Å². The van der Waals surface area contributed by atoms with Crippen LogP contribution in [-0.4, -0.2) is 20.2 Å². The highest BCUT2D eigenvalue weighted by molar-refractivity contribution is 7.98. The number of nitrogens with one attached hydrogen (secondary N) is 1. The Morgan fingerprint density at radius 3 is 3.06 bits per heavy atom. The number of nitrogen functional groups attached to an aromatic ring is 1. The third kappa shape index (κ3) is 2.87. The van der Waals surface area contributed by atoms with E-state index in [-0.39, 0.29) is 0 Å². The molecule has 6 nitrogen and oxygen atoms in total. The lowest BCUT2D eigenvalue weighted by atomic mass is 10.5. The van der Waals surface area contributed by atoms with Gasteiger partial charge in [-0.2, -0.15) is 0 Å². The van der Waals surface area contributed by atoms with E-state index in [0.29, 0.717) is 10.9 Å². The van der Waals surface area contributed by atoms with E-state index in [0.717, 1.165) is 15.9 Å². The fraction of sp³-hybridized carbons (Fsp3) is 0.250. The Bertz CT molecular complexity index is 471. The van der Waals surface area contributed by atoms with Gasteiger partial charge in [0, 0.05) is 11.9 Å². The summed E-state index contributed by atoms with van der Waals surface area (Å²) in [6, 6.07) is 1.87. The van der Waals surface area contributed by atoms with Crippen LogP contribution in [0.1, 0.15) is 10.7 Å². The van der Waals surface area contributed by atoms with Crippen LogP contribution in [0.25, 0.3) is 0 Å². The Hall–Kier alpha value is -1.25. The van der Waals surface area contributed by atoms with Crippen molar-refractivity contribution in [3.05, 3.63) is 23.0 Å². The van der Waals surface area contributed by atoms with Gasteiger partial charge in [-0.05, 0) is 13.0 Å². The van der Waals surface area contributed by atoms with Crippen LogP contribution < -0.4 is 11.3 Å². The van der Waals surface area contributed by atoms with E-state index in [2.05, 4.69) is 25.6 Å². The first-order valence-corrected chi connectivity index (χ1v) is 6.29. The second kappa shape index (κ2) is 5.19. The van der Waals surface area contributed by atoms with Gasteiger partial charge in [-0.3, -0.25) is 5.43 Å². The SMILES string of the molecule is Cc1ccnc(SCc2nnc(NN)s2)n1. The second-order valence-electron chi connectivity index (χ2n) is 2.91.